The molecule has 0 saturated heterocycles. The van der Waals surface area contributed by atoms with Crippen LogP contribution in [0, 0.1) is 0 Å². The molecular weight excluding hydrogens is 655 g/mol. The first-order valence-electron chi connectivity index (χ1n) is 19.5. The minimum absolute atomic E-state index is 0.187. The molecule has 2 aliphatic rings. The van der Waals surface area contributed by atoms with Crippen molar-refractivity contribution >= 4 is 16.7 Å². The fraction of sp³-hybridized carbons (Fsp3) is 0.356. The van der Waals surface area contributed by atoms with E-state index in [-0.39, 0.29) is 11.9 Å². The van der Waals surface area contributed by atoms with Crippen molar-refractivity contribution in [2.75, 3.05) is 20.1 Å². The van der Waals surface area contributed by atoms with Crippen LogP contribution < -0.4 is 0 Å². The fourth-order valence-corrected chi connectivity index (χ4v) is 7.76. The van der Waals surface area contributed by atoms with E-state index in [1.807, 2.05) is 23.4 Å². The molecule has 2 fully saturated rings. The second kappa shape index (κ2) is 15.5. The minimum atomic E-state index is -0.242. The molecule has 6 aromatic rings. The summed E-state index contributed by atoms with van der Waals surface area (Å²) in [6.45, 7) is 7.38. The number of aromatic amines is 2. The standard InChI is InChI=1S/C45H51N7O/c1-4-23-50(3)29-42-46-28-41(49-42)37-18-17-35-25-34(15-16-36(35)26-37)31-11-13-32(14-12-31)40-27-47-43(48-40)30-51(24-5-2)45(53)44(33-9-7-6-8-10-33)52(38-19-20-38)39-21-22-39/h6-18,25-28,38-39,44H,4-5,19-24,29-30H2,1-3H3,(H,46,49)(H,47,48). The lowest BCUT2D eigenvalue weighted by molar-refractivity contribution is -0.138. The van der Waals surface area contributed by atoms with Crippen LogP contribution in [0.4, 0.5) is 0 Å². The number of hydrogen-bond donors (Lipinski definition) is 2. The van der Waals surface area contributed by atoms with E-state index in [0.717, 1.165) is 71.2 Å². The van der Waals surface area contributed by atoms with Crippen LogP contribution in [0.15, 0.2) is 103 Å². The van der Waals surface area contributed by atoms with Crippen molar-refractivity contribution in [2.24, 2.45) is 0 Å². The Balaban J connectivity index is 0.956. The van der Waals surface area contributed by atoms with Crippen LogP contribution in [0.2, 0.25) is 0 Å². The number of rotatable bonds is 16. The van der Waals surface area contributed by atoms with Gasteiger partial charge in [0, 0.05) is 24.2 Å². The zero-order valence-corrected chi connectivity index (χ0v) is 31.3. The van der Waals surface area contributed by atoms with Crippen LogP contribution in [0.5, 0.6) is 0 Å². The molecule has 2 aliphatic carbocycles. The molecule has 0 aliphatic heterocycles. The Labute approximate surface area is 313 Å². The molecule has 1 atom stereocenters. The molecule has 8 nitrogen and oxygen atoms in total. The van der Waals surface area contributed by atoms with Crippen molar-refractivity contribution in [1.29, 1.82) is 0 Å². The Kier molecular flexibility index (Phi) is 10.2. The predicted octanol–water partition coefficient (Wildman–Crippen LogP) is 9.24. The summed E-state index contributed by atoms with van der Waals surface area (Å²) in [5.41, 5.74) is 7.65. The predicted molar refractivity (Wildman–Crippen MR) is 214 cm³/mol. The molecular formula is C45H51N7O. The topological polar surface area (TPSA) is 84.2 Å². The fourth-order valence-electron chi connectivity index (χ4n) is 7.76. The van der Waals surface area contributed by atoms with Crippen LogP contribution in [-0.4, -0.2) is 72.8 Å². The highest BCUT2D eigenvalue weighted by Gasteiger charge is 2.46. The van der Waals surface area contributed by atoms with Gasteiger partial charge in [0.25, 0.3) is 0 Å². The number of aromatic nitrogens is 4. The summed E-state index contributed by atoms with van der Waals surface area (Å²) in [5, 5.41) is 2.40. The molecule has 2 aromatic heterocycles. The van der Waals surface area contributed by atoms with Crippen molar-refractivity contribution in [2.45, 2.75) is 83.6 Å². The Hall–Kier alpha value is -5.05. The first kappa shape index (κ1) is 35.0. The van der Waals surface area contributed by atoms with Gasteiger partial charge in [-0.1, -0.05) is 92.7 Å². The Morgan fingerprint density at radius 2 is 1.23 bits per heavy atom. The zero-order valence-electron chi connectivity index (χ0n) is 31.3. The number of nitrogens with one attached hydrogen (secondary N) is 2. The number of fused-ring (bicyclic) bond motifs is 1. The van der Waals surface area contributed by atoms with Crippen LogP contribution >= 0.6 is 0 Å². The van der Waals surface area contributed by atoms with Gasteiger partial charge in [-0.2, -0.15) is 0 Å². The number of H-pyrrole nitrogens is 2. The van der Waals surface area contributed by atoms with Gasteiger partial charge in [-0.25, -0.2) is 9.97 Å². The lowest BCUT2D eigenvalue weighted by atomic mass is 9.98. The number of imidazole rings is 2. The molecule has 53 heavy (non-hydrogen) atoms. The molecule has 2 N–H and O–H groups in total. The molecule has 8 rings (SSSR count). The average molecular weight is 706 g/mol. The molecule has 2 saturated carbocycles. The summed E-state index contributed by atoms with van der Waals surface area (Å²) in [7, 11) is 2.13. The molecule has 272 valence electrons. The molecule has 2 heterocycles. The average Bonchev–Trinajstić information content (AvgIpc) is 4.12. The zero-order chi connectivity index (χ0) is 36.3. The minimum Gasteiger partial charge on any atom is -0.341 e. The van der Waals surface area contributed by atoms with Crippen LogP contribution in [-0.2, 0) is 17.9 Å². The lowest BCUT2D eigenvalue weighted by Gasteiger charge is -2.35. The Bertz CT molecular complexity index is 2130. The molecule has 1 unspecified atom stereocenters. The van der Waals surface area contributed by atoms with Gasteiger partial charge in [0.1, 0.15) is 17.7 Å². The van der Waals surface area contributed by atoms with E-state index in [2.05, 4.69) is 131 Å². The van der Waals surface area contributed by atoms with Gasteiger partial charge in [-0.15, -0.1) is 0 Å². The molecule has 0 bridgehead atoms. The maximum absolute atomic E-state index is 14.4. The van der Waals surface area contributed by atoms with Gasteiger partial charge in [-0.05, 0) is 97.3 Å². The van der Waals surface area contributed by atoms with Gasteiger partial charge in [0.15, 0.2) is 0 Å². The number of benzene rings is 4. The molecule has 4 aromatic carbocycles. The highest BCUT2D eigenvalue weighted by molar-refractivity contribution is 5.90. The monoisotopic (exact) mass is 705 g/mol. The van der Waals surface area contributed by atoms with E-state index in [4.69, 9.17) is 4.98 Å². The number of carbonyl (C=O) groups is 1. The summed E-state index contributed by atoms with van der Waals surface area (Å²) in [6, 6.07) is 33.1. The first-order chi connectivity index (χ1) is 26.0. The van der Waals surface area contributed by atoms with E-state index < -0.39 is 0 Å². The summed E-state index contributed by atoms with van der Waals surface area (Å²) >= 11 is 0. The van der Waals surface area contributed by atoms with Gasteiger partial charge in [-0.3, -0.25) is 14.6 Å². The van der Waals surface area contributed by atoms with Gasteiger partial charge < -0.3 is 14.9 Å². The van der Waals surface area contributed by atoms with E-state index in [0.29, 0.717) is 25.2 Å². The number of nitrogens with zero attached hydrogens (tertiary/aromatic N) is 5. The highest BCUT2D eigenvalue weighted by atomic mass is 16.2. The van der Waals surface area contributed by atoms with Gasteiger partial charge >= 0.3 is 0 Å². The van der Waals surface area contributed by atoms with Gasteiger partial charge in [0.05, 0.1) is 36.9 Å². The third-order valence-corrected chi connectivity index (χ3v) is 10.7. The summed E-state index contributed by atoms with van der Waals surface area (Å²) in [4.78, 5) is 37.7. The third-order valence-electron chi connectivity index (χ3n) is 10.7. The maximum atomic E-state index is 14.4. The Morgan fingerprint density at radius 3 is 1.85 bits per heavy atom. The lowest BCUT2D eigenvalue weighted by Crippen LogP contribution is -2.45. The normalized spacial score (nSPS) is 15.0. The van der Waals surface area contributed by atoms with E-state index >= 15 is 0 Å². The second-order valence-electron chi connectivity index (χ2n) is 15.1. The smallest absolute Gasteiger partial charge is 0.244 e. The van der Waals surface area contributed by atoms with Crippen LogP contribution in [0.25, 0.3) is 44.4 Å². The van der Waals surface area contributed by atoms with Crippen molar-refractivity contribution in [3.05, 3.63) is 121 Å². The second-order valence-corrected chi connectivity index (χ2v) is 15.1. The first-order valence-corrected chi connectivity index (χ1v) is 19.5. The molecule has 8 heteroatoms. The van der Waals surface area contributed by atoms with Crippen LogP contribution in [0.3, 0.4) is 0 Å². The van der Waals surface area contributed by atoms with E-state index in [1.165, 1.54) is 42.0 Å². The van der Waals surface area contributed by atoms with Gasteiger partial charge in [0.2, 0.25) is 5.91 Å². The third kappa shape index (κ3) is 7.99. The van der Waals surface area contributed by atoms with Crippen LogP contribution in [0.1, 0.15) is 75.6 Å². The largest absolute Gasteiger partial charge is 0.341 e. The number of carbonyl (C=O) groups excluding carboxylic acids is 1. The van der Waals surface area contributed by atoms with Crippen molar-refractivity contribution in [3.63, 3.8) is 0 Å². The van der Waals surface area contributed by atoms with Crippen molar-refractivity contribution in [3.8, 4) is 33.6 Å². The van der Waals surface area contributed by atoms with E-state index in [9.17, 15) is 4.79 Å². The molecule has 0 radical (unpaired) electrons. The SMILES string of the molecule is CCCN(C)Cc1ncc(-c2ccc3cc(-c4ccc(-c5cnc(CN(CCC)C(=O)C(c6ccccc6)N(C6CC6)C6CC6)[nH]5)cc4)ccc3c2)[nH]1. The number of hydrogen-bond acceptors (Lipinski definition) is 5. The maximum Gasteiger partial charge on any atom is 0.244 e. The molecule has 0 spiro atoms. The highest BCUT2D eigenvalue weighted by Crippen LogP contribution is 2.44. The summed E-state index contributed by atoms with van der Waals surface area (Å²) < 4.78 is 0. The number of amides is 1. The van der Waals surface area contributed by atoms with Crippen molar-refractivity contribution < 1.29 is 4.79 Å². The van der Waals surface area contributed by atoms with E-state index in [1.54, 1.807) is 0 Å². The summed E-state index contributed by atoms with van der Waals surface area (Å²) in [6.07, 6.45) is 10.6. The Morgan fingerprint density at radius 1 is 0.679 bits per heavy atom. The molecule has 1 amide bonds. The quantitative estimate of drug-likeness (QED) is 0.105. The summed E-state index contributed by atoms with van der Waals surface area (Å²) in [5.74, 6) is 1.99. The van der Waals surface area contributed by atoms with Crippen molar-refractivity contribution in [1.82, 2.24) is 34.6 Å².